The first-order chi connectivity index (χ1) is 11.8. The molecule has 7 saturated carbocycles. The van der Waals surface area contributed by atoms with Crippen molar-refractivity contribution in [2.45, 2.75) is 69.2 Å². The fraction of sp³-hybridized carbons (Fsp3) is 0.857. The van der Waals surface area contributed by atoms with Crippen LogP contribution in [0.15, 0.2) is 12.2 Å². The highest BCUT2D eigenvalue weighted by atomic mass is 16.6. The van der Waals surface area contributed by atoms with Crippen LogP contribution in [0.4, 0.5) is 0 Å². The van der Waals surface area contributed by atoms with Gasteiger partial charge in [-0.3, -0.25) is 4.79 Å². The Kier molecular flexibility index (Phi) is 1.91. The molecule has 10 unspecified atom stereocenters. The molecule has 0 aromatic rings. The smallest absolute Gasteiger partial charge is 0.313 e. The number of hydrogen-bond donors (Lipinski definition) is 2. The topological polar surface area (TPSA) is 66.8 Å². The number of hydrogen-bond acceptors (Lipinski definition) is 4. The van der Waals surface area contributed by atoms with Gasteiger partial charge in [0.05, 0.1) is 17.1 Å². The maximum absolute atomic E-state index is 13.4. The minimum Gasteiger partial charge on any atom is -0.458 e. The molecule has 4 nitrogen and oxygen atoms in total. The second kappa shape index (κ2) is 3.35. The normalized spacial score (nSPS) is 70.8. The second-order valence-electron chi connectivity index (χ2n) is 10.7. The molecule has 3 spiro atoms. The van der Waals surface area contributed by atoms with Crippen molar-refractivity contribution in [2.24, 2.45) is 39.9 Å². The predicted octanol–water partition coefficient (Wildman–Crippen LogP) is 2.19. The van der Waals surface area contributed by atoms with Gasteiger partial charge in [-0.15, -0.1) is 0 Å². The highest BCUT2D eigenvalue weighted by molar-refractivity contribution is 5.82. The molecular formula is C21H26O4. The largest absolute Gasteiger partial charge is 0.458 e. The molecular weight excluding hydrogens is 316 g/mol. The van der Waals surface area contributed by atoms with Crippen molar-refractivity contribution >= 4 is 5.97 Å². The molecule has 0 amide bonds. The van der Waals surface area contributed by atoms with Crippen LogP contribution in [0.1, 0.15) is 51.9 Å². The number of fused-ring (bicyclic) bond motifs is 3. The van der Waals surface area contributed by atoms with Gasteiger partial charge in [-0.2, -0.15) is 0 Å². The van der Waals surface area contributed by atoms with Crippen molar-refractivity contribution < 1.29 is 19.7 Å². The molecule has 4 heteroatoms. The lowest BCUT2D eigenvalue weighted by Crippen LogP contribution is -2.65. The summed E-state index contributed by atoms with van der Waals surface area (Å²) < 4.78 is 6.17. The summed E-state index contributed by atoms with van der Waals surface area (Å²) in [6.07, 6.45) is 5.86. The minimum absolute atomic E-state index is 0.00223. The second-order valence-corrected chi connectivity index (χ2v) is 10.7. The van der Waals surface area contributed by atoms with Crippen LogP contribution in [0.25, 0.3) is 0 Å². The number of aliphatic hydroxyl groups is 2. The zero-order valence-electron chi connectivity index (χ0n) is 14.8. The number of carbonyl (C=O) groups is 1. The minimum atomic E-state index is -0.925. The van der Waals surface area contributed by atoms with Gasteiger partial charge in [-0.25, -0.2) is 0 Å². The first-order valence-electron chi connectivity index (χ1n) is 10.1. The van der Waals surface area contributed by atoms with E-state index in [1.165, 1.54) is 0 Å². The Balaban J connectivity index is 1.48. The maximum Gasteiger partial charge on any atom is 0.313 e. The molecule has 2 heterocycles. The third-order valence-electron chi connectivity index (χ3n) is 10.7. The molecule has 0 aromatic carbocycles. The Morgan fingerprint density at radius 1 is 1.16 bits per heavy atom. The average Bonchev–Trinajstić information content (AvgIpc) is 3.36. The van der Waals surface area contributed by atoms with Crippen molar-refractivity contribution in [3.05, 3.63) is 12.2 Å². The molecule has 2 N–H and O–H groups in total. The summed E-state index contributed by atoms with van der Waals surface area (Å²) in [5.41, 5.74) is -1.21. The molecule has 9 fully saturated rings. The van der Waals surface area contributed by atoms with E-state index in [2.05, 4.69) is 13.5 Å². The van der Waals surface area contributed by atoms with Crippen molar-refractivity contribution in [1.29, 1.82) is 0 Å². The lowest BCUT2D eigenvalue weighted by atomic mass is 9.43. The van der Waals surface area contributed by atoms with Crippen LogP contribution in [0.2, 0.25) is 0 Å². The molecule has 10 atom stereocenters. The molecule has 9 aliphatic rings. The Morgan fingerprint density at radius 2 is 1.92 bits per heavy atom. The van der Waals surface area contributed by atoms with E-state index in [9.17, 15) is 15.0 Å². The lowest BCUT2D eigenvalue weighted by Gasteiger charge is -2.61. The summed E-state index contributed by atoms with van der Waals surface area (Å²) in [4.78, 5) is 13.4. The Labute approximate surface area is 147 Å². The van der Waals surface area contributed by atoms with Crippen molar-refractivity contribution in [3.8, 4) is 0 Å². The fourth-order valence-electron chi connectivity index (χ4n) is 9.71. The molecule has 6 bridgehead atoms. The summed E-state index contributed by atoms with van der Waals surface area (Å²) in [6, 6.07) is 0. The van der Waals surface area contributed by atoms with Gasteiger partial charge in [0.25, 0.3) is 0 Å². The zero-order valence-corrected chi connectivity index (χ0v) is 14.8. The molecule has 25 heavy (non-hydrogen) atoms. The van der Waals surface area contributed by atoms with E-state index in [0.29, 0.717) is 12.3 Å². The van der Waals surface area contributed by atoms with E-state index in [1.54, 1.807) is 0 Å². The number of ether oxygens (including phenoxy) is 1. The Hall–Kier alpha value is -0.870. The highest BCUT2D eigenvalue weighted by Crippen LogP contribution is 2.90. The third kappa shape index (κ3) is 0.990. The van der Waals surface area contributed by atoms with Crippen molar-refractivity contribution in [3.63, 3.8) is 0 Å². The number of aliphatic hydroxyl groups excluding tert-OH is 1. The van der Waals surface area contributed by atoms with E-state index in [-0.39, 0.29) is 34.7 Å². The standard InChI is InChI=1S/C21H26O4/c1-10-11-6-13-19-5-3-4-18(25-16(19)23)9-17(18,2)12(19)8-15(22)20(13)14(7-11)21(10,20)24/h11-15,22,24H,1,3-9H2,2H3. The van der Waals surface area contributed by atoms with Crippen LogP contribution in [0, 0.1) is 39.9 Å². The van der Waals surface area contributed by atoms with Crippen molar-refractivity contribution in [2.75, 3.05) is 0 Å². The van der Waals surface area contributed by atoms with Gasteiger partial charge in [0.2, 0.25) is 0 Å². The number of esters is 1. The maximum atomic E-state index is 13.4. The van der Waals surface area contributed by atoms with E-state index < -0.39 is 22.5 Å². The Bertz CT molecular complexity index is 791. The molecule has 0 aromatic heterocycles. The van der Waals surface area contributed by atoms with E-state index in [0.717, 1.165) is 44.1 Å². The van der Waals surface area contributed by atoms with Gasteiger partial charge in [-0.1, -0.05) is 13.5 Å². The summed E-state index contributed by atoms with van der Waals surface area (Å²) >= 11 is 0. The van der Waals surface area contributed by atoms with Gasteiger partial charge in [0, 0.05) is 16.7 Å². The van der Waals surface area contributed by atoms with Crippen LogP contribution < -0.4 is 0 Å². The number of rotatable bonds is 0. The number of carbonyl (C=O) groups excluding carboxylic acids is 1. The molecule has 7 aliphatic carbocycles. The van der Waals surface area contributed by atoms with Crippen molar-refractivity contribution in [1.82, 2.24) is 0 Å². The molecule has 2 aliphatic heterocycles. The van der Waals surface area contributed by atoms with Gasteiger partial charge in [0.15, 0.2) is 0 Å². The lowest BCUT2D eigenvalue weighted by molar-refractivity contribution is -0.225. The molecule has 9 rings (SSSR count). The Morgan fingerprint density at radius 3 is 2.64 bits per heavy atom. The fourth-order valence-corrected chi connectivity index (χ4v) is 9.71. The van der Waals surface area contributed by atoms with E-state index in [4.69, 9.17) is 4.74 Å². The van der Waals surface area contributed by atoms with Gasteiger partial charge < -0.3 is 14.9 Å². The van der Waals surface area contributed by atoms with Gasteiger partial charge in [0.1, 0.15) is 5.60 Å². The summed E-state index contributed by atoms with van der Waals surface area (Å²) in [5, 5.41) is 22.8. The quantitative estimate of drug-likeness (QED) is 0.523. The average molecular weight is 342 g/mol. The van der Waals surface area contributed by atoms with Crippen LogP contribution in [0.5, 0.6) is 0 Å². The predicted molar refractivity (Wildman–Crippen MR) is 88.2 cm³/mol. The zero-order chi connectivity index (χ0) is 17.2. The van der Waals surface area contributed by atoms with E-state index in [1.807, 2.05) is 0 Å². The SMILES string of the molecule is C=C1C2CC3C45CCCC6(CC6(C)C4CC(O)C34C(C2)C14O)OC5=O. The van der Waals surface area contributed by atoms with Crippen LogP contribution in [-0.2, 0) is 9.53 Å². The van der Waals surface area contributed by atoms with Gasteiger partial charge >= 0.3 is 5.97 Å². The van der Waals surface area contributed by atoms with Gasteiger partial charge in [-0.05, 0) is 68.3 Å². The third-order valence-corrected chi connectivity index (χ3v) is 10.7. The summed E-state index contributed by atoms with van der Waals surface area (Å²) in [6.45, 7) is 6.50. The highest BCUT2D eigenvalue weighted by Gasteiger charge is 2.94. The van der Waals surface area contributed by atoms with Crippen LogP contribution in [0.3, 0.4) is 0 Å². The summed E-state index contributed by atoms with van der Waals surface area (Å²) in [7, 11) is 0. The first-order valence-corrected chi connectivity index (χ1v) is 10.1. The van der Waals surface area contributed by atoms with Crippen LogP contribution in [-0.4, -0.2) is 33.5 Å². The summed E-state index contributed by atoms with van der Waals surface area (Å²) in [5.74, 6) is 0.703. The molecule has 2 saturated heterocycles. The van der Waals surface area contributed by atoms with Crippen LogP contribution >= 0.6 is 0 Å². The first kappa shape index (κ1) is 14.2. The monoisotopic (exact) mass is 342 g/mol. The molecule has 134 valence electrons. The van der Waals surface area contributed by atoms with E-state index >= 15 is 0 Å². The molecule has 0 radical (unpaired) electrons.